The molecule has 1 N–H and O–H groups in total. The Balaban J connectivity index is 2.24. The van der Waals surface area contributed by atoms with Crippen LogP contribution in [0.1, 0.15) is 50.7 Å². The molecule has 3 rings (SSSR count). The van der Waals surface area contributed by atoms with Gasteiger partial charge >= 0.3 is 6.09 Å². The fourth-order valence-corrected chi connectivity index (χ4v) is 3.27. The first-order valence-electron chi connectivity index (χ1n) is 9.73. The van der Waals surface area contributed by atoms with Crippen molar-refractivity contribution >= 4 is 17.0 Å². The van der Waals surface area contributed by atoms with Gasteiger partial charge in [0.15, 0.2) is 0 Å². The molecule has 31 heavy (non-hydrogen) atoms. The first-order chi connectivity index (χ1) is 14.5. The van der Waals surface area contributed by atoms with Crippen LogP contribution in [0.3, 0.4) is 0 Å². The summed E-state index contributed by atoms with van der Waals surface area (Å²) in [5.41, 5.74) is 0.232. The van der Waals surface area contributed by atoms with Crippen LogP contribution < -0.4 is 10.9 Å². The number of hydrogen-bond acceptors (Lipinski definition) is 5. The molecule has 0 saturated heterocycles. The highest BCUT2D eigenvalue weighted by Crippen LogP contribution is 2.22. The Morgan fingerprint density at radius 1 is 1.29 bits per heavy atom. The molecule has 1 amide bonds. The van der Waals surface area contributed by atoms with Crippen LogP contribution >= 0.6 is 0 Å². The van der Waals surface area contributed by atoms with E-state index in [1.165, 1.54) is 10.6 Å². The predicted molar refractivity (Wildman–Crippen MR) is 115 cm³/mol. The molecule has 8 heteroatoms. The number of rotatable bonds is 3. The summed E-state index contributed by atoms with van der Waals surface area (Å²) >= 11 is 0. The van der Waals surface area contributed by atoms with Gasteiger partial charge in [0.25, 0.3) is 5.56 Å². The number of nitrogens with zero attached hydrogens (tertiary/aromatic N) is 3. The standard InChI is InChI=1S/C23H23FN4O3/c1-13-7-6-8-18-19(13)21(29)28(17-10-15(12-25)9-16(24)11-17)20(27-18)14(2)26-22(30)31-23(3,4)5/h6-11,14H,1-5H3,(H,26,30)/t14-/m0/s1. The van der Waals surface area contributed by atoms with Gasteiger partial charge < -0.3 is 10.1 Å². The number of ether oxygens (including phenoxy) is 1. The Labute approximate surface area is 179 Å². The highest BCUT2D eigenvalue weighted by molar-refractivity contribution is 5.81. The molecule has 7 nitrogen and oxygen atoms in total. The molecule has 160 valence electrons. The summed E-state index contributed by atoms with van der Waals surface area (Å²) in [6.07, 6.45) is -0.679. The topological polar surface area (TPSA) is 97.0 Å². The molecule has 0 saturated carbocycles. The second kappa shape index (κ2) is 8.19. The van der Waals surface area contributed by atoms with E-state index < -0.39 is 29.1 Å². The van der Waals surface area contributed by atoms with E-state index in [0.717, 1.165) is 12.1 Å². The van der Waals surface area contributed by atoms with Gasteiger partial charge in [0.1, 0.15) is 17.2 Å². The Hall–Kier alpha value is -3.73. The quantitative estimate of drug-likeness (QED) is 0.679. The SMILES string of the molecule is Cc1cccc2nc([C@H](C)NC(=O)OC(C)(C)C)n(-c3cc(F)cc(C#N)c3)c(=O)c12. The Kier molecular flexibility index (Phi) is 5.80. The summed E-state index contributed by atoms with van der Waals surface area (Å²) in [5.74, 6) is -0.479. The fraction of sp³-hybridized carbons (Fsp3) is 0.304. The minimum absolute atomic E-state index is 0.0606. The molecule has 1 heterocycles. The number of carbonyl (C=O) groups is 1. The summed E-state index contributed by atoms with van der Waals surface area (Å²) in [6.45, 7) is 8.64. The fourth-order valence-electron chi connectivity index (χ4n) is 3.27. The highest BCUT2D eigenvalue weighted by Gasteiger charge is 2.23. The number of carbonyl (C=O) groups excluding carboxylic acids is 1. The third kappa shape index (κ3) is 4.72. The van der Waals surface area contributed by atoms with E-state index in [1.54, 1.807) is 52.8 Å². The van der Waals surface area contributed by atoms with Gasteiger partial charge in [-0.3, -0.25) is 9.36 Å². The van der Waals surface area contributed by atoms with Gasteiger partial charge in [0.05, 0.1) is 34.3 Å². The molecule has 1 aromatic heterocycles. The third-order valence-corrected chi connectivity index (χ3v) is 4.52. The van der Waals surface area contributed by atoms with Gasteiger partial charge in [-0.05, 0) is 64.4 Å². The van der Waals surface area contributed by atoms with Crippen molar-refractivity contribution in [2.24, 2.45) is 0 Å². The number of alkyl carbamates (subject to hydrolysis) is 1. The first-order valence-corrected chi connectivity index (χ1v) is 9.73. The lowest BCUT2D eigenvalue weighted by Crippen LogP contribution is -2.37. The van der Waals surface area contributed by atoms with Gasteiger partial charge in [0, 0.05) is 0 Å². The van der Waals surface area contributed by atoms with Gasteiger partial charge in [-0.15, -0.1) is 0 Å². The normalized spacial score (nSPS) is 12.3. The van der Waals surface area contributed by atoms with Crippen LogP contribution in [0.2, 0.25) is 0 Å². The summed E-state index contributed by atoms with van der Waals surface area (Å²) in [5, 5.41) is 12.3. The second-order valence-electron chi connectivity index (χ2n) is 8.26. The summed E-state index contributed by atoms with van der Waals surface area (Å²) in [4.78, 5) is 30.4. The number of benzene rings is 2. The molecule has 0 aliphatic heterocycles. The van der Waals surface area contributed by atoms with Crippen LogP contribution in [0.5, 0.6) is 0 Å². The van der Waals surface area contributed by atoms with E-state index in [0.29, 0.717) is 16.5 Å². The average molecular weight is 422 g/mol. The van der Waals surface area contributed by atoms with Crippen LogP contribution in [0, 0.1) is 24.1 Å². The highest BCUT2D eigenvalue weighted by atomic mass is 19.1. The van der Waals surface area contributed by atoms with E-state index >= 15 is 0 Å². The lowest BCUT2D eigenvalue weighted by Gasteiger charge is -2.23. The van der Waals surface area contributed by atoms with Crippen molar-refractivity contribution in [1.82, 2.24) is 14.9 Å². The molecule has 0 aliphatic rings. The molecular formula is C23H23FN4O3. The van der Waals surface area contributed by atoms with E-state index in [2.05, 4.69) is 10.3 Å². The number of nitrogens with one attached hydrogen (secondary N) is 1. The van der Waals surface area contributed by atoms with E-state index in [-0.39, 0.29) is 17.1 Å². The van der Waals surface area contributed by atoms with Crippen LogP contribution in [0.25, 0.3) is 16.6 Å². The summed E-state index contributed by atoms with van der Waals surface area (Å²) in [7, 11) is 0. The number of hydrogen-bond donors (Lipinski definition) is 1. The molecule has 0 fully saturated rings. The van der Waals surface area contributed by atoms with Crippen molar-refractivity contribution in [3.63, 3.8) is 0 Å². The number of aromatic nitrogens is 2. The van der Waals surface area contributed by atoms with Crippen molar-refractivity contribution < 1.29 is 13.9 Å². The molecule has 0 bridgehead atoms. The van der Waals surface area contributed by atoms with E-state index in [1.807, 2.05) is 6.07 Å². The number of aryl methyl sites for hydroxylation is 1. The molecule has 1 atom stereocenters. The Morgan fingerprint density at radius 2 is 2.00 bits per heavy atom. The second-order valence-corrected chi connectivity index (χ2v) is 8.26. The molecule has 0 unspecified atom stereocenters. The molecule has 2 aromatic carbocycles. The number of halogens is 1. The van der Waals surface area contributed by atoms with Crippen molar-refractivity contribution in [3.8, 4) is 11.8 Å². The van der Waals surface area contributed by atoms with Crippen LogP contribution in [-0.2, 0) is 4.74 Å². The zero-order chi connectivity index (χ0) is 22.9. The number of fused-ring (bicyclic) bond motifs is 1. The lowest BCUT2D eigenvalue weighted by molar-refractivity contribution is 0.0505. The summed E-state index contributed by atoms with van der Waals surface area (Å²) < 4.78 is 20.7. The largest absolute Gasteiger partial charge is 0.444 e. The average Bonchev–Trinajstić information content (AvgIpc) is 2.65. The van der Waals surface area contributed by atoms with Crippen molar-refractivity contribution in [1.29, 1.82) is 5.26 Å². The van der Waals surface area contributed by atoms with Crippen LogP contribution in [0.15, 0.2) is 41.2 Å². The minimum atomic E-state index is -0.749. The Morgan fingerprint density at radius 3 is 2.65 bits per heavy atom. The molecule has 0 aliphatic carbocycles. The van der Waals surface area contributed by atoms with Crippen molar-refractivity contribution in [2.45, 2.75) is 46.3 Å². The maximum Gasteiger partial charge on any atom is 0.408 e. The maximum absolute atomic E-state index is 14.2. The van der Waals surface area contributed by atoms with E-state index in [9.17, 15) is 19.2 Å². The number of nitriles is 1. The van der Waals surface area contributed by atoms with Gasteiger partial charge in [-0.25, -0.2) is 14.2 Å². The van der Waals surface area contributed by atoms with Gasteiger partial charge in [-0.1, -0.05) is 12.1 Å². The zero-order valence-corrected chi connectivity index (χ0v) is 18.0. The molecule has 0 radical (unpaired) electrons. The Bertz CT molecular complexity index is 1270. The van der Waals surface area contributed by atoms with Crippen LogP contribution in [0.4, 0.5) is 9.18 Å². The monoisotopic (exact) mass is 422 g/mol. The van der Waals surface area contributed by atoms with Crippen LogP contribution in [-0.4, -0.2) is 21.2 Å². The van der Waals surface area contributed by atoms with Gasteiger partial charge in [-0.2, -0.15) is 5.26 Å². The third-order valence-electron chi connectivity index (χ3n) is 4.52. The molecule has 3 aromatic rings. The molecular weight excluding hydrogens is 399 g/mol. The number of amides is 1. The summed E-state index contributed by atoms with van der Waals surface area (Å²) in [6, 6.07) is 10.0. The smallest absolute Gasteiger partial charge is 0.408 e. The lowest BCUT2D eigenvalue weighted by atomic mass is 10.1. The van der Waals surface area contributed by atoms with E-state index in [4.69, 9.17) is 4.74 Å². The first kappa shape index (κ1) is 22.0. The maximum atomic E-state index is 14.2. The van der Waals surface area contributed by atoms with Gasteiger partial charge in [0.2, 0.25) is 0 Å². The van der Waals surface area contributed by atoms with Crippen molar-refractivity contribution in [3.05, 3.63) is 69.5 Å². The minimum Gasteiger partial charge on any atom is -0.444 e. The predicted octanol–water partition coefficient (Wildman–Crippen LogP) is 4.29. The zero-order valence-electron chi connectivity index (χ0n) is 18.0. The molecule has 0 spiro atoms. The van der Waals surface area contributed by atoms with Crippen molar-refractivity contribution in [2.75, 3.05) is 0 Å².